The molecule has 0 saturated heterocycles. The number of aromatic nitrogens is 2. The van der Waals surface area contributed by atoms with E-state index in [0.717, 1.165) is 0 Å². The number of amides is 1. The van der Waals surface area contributed by atoms with E-state index in [1.807, 2.05) is 13.8 Å². The molecule has 7 heteroatoms. The Kier molecular flexibility index (Phi) is 5.83. The lowest BCUT2D eigenvalue weighted by Gasteiger charge is -2.09. The zero-order valence-electron chi connectivity index (χ0n) is 13.9. The Morgan fingerprint density at radius 3 is 2.50 bits per heavy atom. The summed E-state index contributed by atoms with van der Waals surface area (Å²) in [5, 5.41) is 5.80. The number of nitrogens with one attached hydrogen (secondary N) is 2. The summed E-state index contributed by atoms with van der Waals surface area (Å²) >= 11 is 0. The number of ether oxygens (including phenoxy) is 1. The maximum absolute atomic E-state index is 12.0. The van der Waals surface area contributed by atoms with E-state index >= 15 is 0 Å². The molecule has 24 heavy (non-hydrogen) atoms. The van der Waals surface area contributed by atoms with E-state index in [4.69, 9.17) is 0 Å². The van der Waals surface area contributed by atoms with Gasteiger partial charge in [0.1, 0.15) is 5.69 Å². The summed E-state index contributed by atoms with van der Waals surface area (Å²) in [5.74, 6) is 0.0246. The van der Waals surface area contributed by atoms with E-state index in [2.05, 4.69) is 25.3 Å². The van der Waals surface area contributed by atoms with E-state index in [0.29, 0.717) is 35.4 Å². The number of carbonyl (C=O) groups is 2. The molecule has 0 aliphatic rings. The zero-order chi connectivity index (χ0) is 17.5. The van der Waals surface area contributed by atoms with Crippen LogP contribution in [-0.2, 0) is 4.74 Å². The molecule has 1 amide bonds. The molecule has 2 N–H and O–H groups in total. The normalized spacial score (nSPS) is 10.3. The second kappa shape index (κ2) is 8.05. The van der Waals surface area contributed by atoms with Crippen LogP contribution in [0, 0.1) is 5.92 Å². The summed E-state index contributed by atoms with van der Waals surface area (Å²) in [5.41, 5.74) is 1.44. The van der Waals surface area contributed by atoms with E-state index < -0.39 is 5.97 Å². The predicted molar refractivity (Wildman–Crippen MR) is 90.3 cm³/mol. The summed E-state index contributed by atoms with van der Waals surface area (Å²) in [6, 6.07) is 8.24. The van der Waals surface area contributed by atoms with E-state index in [9.17, 15) is 9.59 Å². The smallest absolute Gasteiger partial charge is 0.337 e. The highest BCUT2D eigenvalue weighted by Gasteiger charge is 2.10. The maximum atomic E-state index is 12.0. The van der Waals surface area contributed by atoms with Crippen molar-refractivity contribution in [1.82, 2.24) is 15.3 Å². The van der Waals surface area contributed by atoms with Gasteiger partial charge in [0.25, 0.3) is 5.91 Å². The number of nitrogens with zero attached hydrogens (tertiary/aromatic N) is 2. The number of benzene rings is 1. The minimum absolute atomic E-state index is 0.241. The number of hydrogen-bond acceptors (Lipinski definition) is 6. The van der Waals surface area contributed by atoms with Crippen molar-refractivity contribution in [3.05, 3.63) is 47.8 Å². The van der Waals surface area contributed by atoms with Gasteiger partial charge in [-0.3, -0.25) is 4.79 Å². The fraction of sp³-hybridized carbons (Fsp3) is 0.294. The average Bonchev–Trinajstić information content (AvgIpc) is 2.59. The molecule has 1 aromatic heterocycles. The first-order chi connectivity index (χ1) is 11.5. The third kappa shape index (κ3) is 4.77. The van der Waals surface area contributed by atoms with E-state index in [1.165, 1.54) is 13.3 Å². The van der Waals surface area contributed by atoms with Gasteiger partial charge in [-0.1, -0.05) is 13.8 Å². The van der Waals surface area contributed by atoms with Crippen molar-refractivity contribution in [3.63, 3.8) is 0 Å². The lowest BCUT2D eigenvalue weighted by atomic mass is 10.2. The third-order valence-corrected chi connectivity index (χ3v) is 3.12. The van der Waals surface area contributed by atoms with Crippen LogP contribution in [0.3, 0.4) is 0 Å². The van der Waals surface area contributed by atoms with Crippen LogP contribution < -0.4 is 10.6 Å². The number of methoxy groups -OCH3 is 1. The quantitative estimate of drug-likeness (QED) is 0.791. The van der Waals surface area contributed by atoms with Gasteiger partial charge in [-0.2, -0.15) is 0 Å². The predicted octanol–water partition coefficient (Wildman–Crippen LogP) is 2.39. The minimum atomic E-state index is -0.401. The molecule has 0 saturated carbocycles. The molecule has 7 nitrogen and oxygen atoms in total. The third-order valence-electron chi connectivity index (χ3n) is 3.12. The van der Waals surface area contributed by atoms with Gasteiger partial charge in [-0.25, -0.2) is 14.8 Å². The molecular weight excluding hydrogens is 308 g/mol. The van der Waals surface area contributed by atoms with Crippen molar-refractivity contribution in [2.75, 3.05) is 19.0 Å². The van der Waals surface area contributed by atoms with Gasteiger partial charge in [0.2, 0.25) is 5.95 Å². The van der Waals surface area contributed by atoms with Crippen molar-refractivity contribution in [2.24, 2.45) is 5.92 Å². The minimum Gasteiger partial charge on any atom is -0.465 e. The van der Waals surface area contributed by atoms with Crippen LogP contribution in [0.25, 0.3) is 0 Å². The van der Waals surface area contributed by atoms with Gasteiger partial charge < -0.3 is 15.4 Å². The highest BCUT2D eigenvalue weighted by atomic mass is 16.5. The van der Waals surface area contributed by atoms with Gasteiger partial charge in [-0.05, 0) is 36.2 Å². The Hall–Kier alpha value is -2.96. The number of carbonyl (C=O) groups excluding carboxylic acids is 2. The Balaban J connectivity index is 2.06. The molecule has 2 aromatic rings. The summed E-state index contributed by atoms with van der Waals surface area (Å²) in [6.45, 7) is 4.62. The molecular formula is C17H20N4O3. The standard InChI is InChI=1S/C17H20N4O3/c1-11(2)10-19-15(22)14-8-9-18-17(21-14)20-13-6-4-12(5-7-13)16(23)24-3/h4-9,11H,10H2,1-3H3,(H,19,22)(H,18,20,21). The molecule has 0 radical (unpaired) electrons. The average molecular weight is 328 g/mol. The molecule has 2 rings (SSSR count). The SMILES string of the molecule is COC(=O)c1ccc(Nc2nccc(C(=O)NCC(C)C)n2)cc1. The molecule has 0 aliphatic carbocycles. The van der Waals surface area contributed by atoms with Gasteiger partial charge in [-0.15, -0.1) is 0 Å². The summed E-state index contributed by atoms with van der Waals surface area (Å²) in [4.78, 5) is 31.7. The fourth-order valence-electron chi connectivity index (χ4n) is 1.87. The number of rotatable bonds is 6. The fourth-order valence-corrected chi connectivity index (χ4v) is 1.87. The topological polar surface area (TPSA) is 93.2 Å². The van der Waals surface area contributed by atoms with Crippen molar-refractivity contribution in [2.45, 2.75) is 13.8 Å². The number of anilines is 2. The van der Waals surface area contributed by atoms with E-state index in [-0.39, 0.29) is 5.91 Å². The molecule has 0 unspecified atom stereocenters. The van der Waals surface area contributed by atoms with Crippen LogP contribution in [0.1, 0.15) is 34.7 Å². The maximum Gasteiger partial charge on any atom is 0.337 e. The summed E-state index contributed by atoms with van der Waals surface area (Å²) in [7, 11) is 1.33. The lowest BCUT2D eigenvalue weighted by Crippen LogP contribution is -2.28. The molecule has 126 valence electrons. The zero-order valence-corrected chi connectivity index (χ0v) is 13.9. The Morgan fingerprint density at radius 1 is 1.17 bits per heavy atom. The molecule has 0 atom stereocenters. The van der Waals surface area contributed by atoms with Crippen LogP contribution in [0.2, 0.25) is 0 Å². The molecule has 0 aliphatic heterocycles. The van der Waals surface area contributed by atoms with Gasteiger partial charge >= 0.3 is 5.97 Å². The Bertz CT molecular complexity index is 714. The van der Waals surface area contributed by atoms with Gasteiger partial charge in [0, 0.05) is 18.4 Å². The summed E-state index contributed by atoms with van der Waals surface area (Å²) < 4.78 is 4.65. The van der Waals surface area contributed by atoms with E-state index in [1.54, 1.807) is 30.3 Å². The van der Waals surface area contributed by atoms with Crippen molar-refractivity contribution < 1.29 is 14.3 Å². The first-order valence-corrected chi connectivity index (χ1v) is 7.56. The highest BCUT2D eigenvalue weighted by Crippen LogP contribution is 2.14. The number of hydrogen-bond donors (Lipinski definition) is 2. The molecule has 0 fully saturated rings. The van der Waals surface area contributed by atoms with Crippen LogP contribution in [0.15, 0.2) is 36.5 Å². The lowest BCUT2D eigenvalue weighted by molar-refractivity contribution is 0.0600. The Labute approximate surface area is 140 Å². The Morgan fingerprint density at radius 2 is 1.88 bits per heavy atom. The first-order valence-electron chi connectivity index (χ1n) is 7.56. The number of esters is 1. The second-order valence-corrected chi connectivity index (χ2v) is 5.56. The van der Waals surface area contributed by atoms with Crippen LogP contribution in [0.5, 0.6) is 0 Å². The van der Waals surface area contributed by atoms with Gasteiger partial charge in [0.05, 0.1) is 12.7 Å². The van der Waals surface area contributed by atoms with Crippen LogP contribution >= 0.6 is 0 Å². The van der Waals surface area contributed by atoms with Crippen molar-refractivity contribution >= 4 is 23.5 Å². The van der Waals surface area contributed by atoms with Gasteiger partial charge in [0.15, 0.2) is 0 Å². The first kappa shape index (κ1) is 17.4. The van der Waals surface area contributed by atoms with Crippen LogP contribution in [-0.4, -0.2) is 35.5 Å². The molecule has 1 heterocycles. The highest BCUT2D eigenvalue weighted by molar-refractivity contribution is 5.92. The van der Waals surface area contributed by atoms with Crippen LogP contribution in [0.4, 0.5) is 11.6 Å². The monoisotopic (exact) mass is 328 g/mol. The second-order valence-electron chi connectivity index (χ2n) is 5.56. The molecule has 0 spiro atoms. The molecule has 1 aromatic carbocycles. The summed E-state index contributed by atoms with van der Waals surface area (Å²) in [6.07, 6.45) is 1.52. The van der Waals surface area contributed by atoms with Crippen molar-refractivity contribution in [3.8, 4) is 0 Å². The largest absolute Gasteiger partial charge is 0.465 e. The van der Waals surface area contributed by atoms with Crippen molar-refractivity contribution in [1.29, 1.82) is 0 Å². The molecule has 0 bridgehead atoms.